The van der Waals surface area contributed by atoms with Crippen LogP contribution in [0.4, 0.5) is 0 Å². The third-order valence-electron chi connectivity index (χ3n) is 3.96. The molecular weight excluding hydrogens is 358 g/mol. The van der Waals surface area contributed by atoms with Gasteiger partial charge in [0.15, 0.2) is 0 Å². The summed E-state index contributed by atoms with van der Waals surface area (Å²) in [4.78, 5) is 23.6. The first-order valence-electron chi connectivity index (χ1n) is 8.62. The minimum atomic E-state index is -3.75. The molecule has 0 unspecified atom stereocenters. The molecule has 1 aromatic rings. The number of amides is 2. The molecule has 0 radical (unpaired) electrons. The first-order valence-corrected chi connectivity index (χ1v) is 10.1. The van der Waals surface area contributed by atoms with Gasteiger partial charge in [0.05, 0.1) is 18.0 Å². The van der Waals surface area contributed by atoms with Crippen LogP contribution >= 0.6 is 0 Å². The molecule has 2 N–H and O–H groups in total. The molecule has 1 aromatic carbocycles. The van der Waals surface area contributed by atoms with Crippen LogP contribution in [0.2, 0.25) is 0 Å². The van der Waals surface area contributed by atoms with Crippen molar-refractivity contribution in [1.82, 2.24) is 14.9 Å². The SMILES string of the molecule is CCCNC(=O)C(=O)NC[C@@H]1OCCCN1S(=O)(=O)c1ccc(C)cc1. The Bertz CT molecular complexity index is 733. The van der Waals surface area contributed by atoms with E-state index in [2.05, 4.69) is 10.6 Å². The van der Waals surface area contributed by atoms with E-state index >= 15 is 0 Å². The molecule has 0 spiro atoms. The second-order valence-electron chi connectivity index (χ2n) is 6.07. The third-order valence-corrected chi connectivity index (χ3v) is 5.86. The van der Waals surface area contributed by atoms with Crippen molar-refractivity contribution in [2.24, 2.45) is 0 Å². The predicted molar refractivity (Wildman–Crippen MR) is 95.7 cm³/mol. The highest BCUT2D eigenvalue weighted by Gasteiger charge is 2.34. The van der Waals surface area contributed by atoms with Crippen LogP contribution in [0.1, 0.15) is 25.3 Å². The minimum Gasteiger partial charge on any atom is -0.360 e. The van der Waals surface area contributed by atoms with Gasteiger partial charge in [0, 0.05) is 13.1 Å². The van der Waals surface area contributed by atoms with Gasteiger partial charge < -0.3 is 15.4 Å². The number of aryl methyl sites for hydroxylation is 1. The van der Waals surface area contributed by atoms with Crippen LogP contribution in [-0.4, -0.2) is 57.0 Å². The van der Waals surface area contributed by atoms with Crippen molar-refractivity contribution in [3.8, 4) is 0 Å². The van der Waals surface area contributed by atoms with Gasteiger partial charge in [-0.3, -0.25) is 9.59 Å². The van der Waals surface area contributed by atoms with Crippen LogP contribution in [0, 0.1) is 6.92 Å². The van der Waals surface area contributed by atoms with Crippen molar-refractivity contribution < 1.29 is 22.7 Å². The maximum absolute atomic E-state index is 12.9. The molecule has 1 atom stereocenters. The maximum Gasteiger partial charge on any atom is 0.309 e. The molecule has 0 aliphatic carbocycles. The van der Waals surface area contributed by atoms with Gasteiger partial charge in [-0.2, -0.15) is 4.31 Å². The summed E-state index contributed by atoms with van der Waals surface area (Å²) in [6.45, 7) is 4.75. The fourth-order valence-corrected chi connectivity index (χ4v) is 4.09. The Labute approximate surface area is 153 Å². The highest BCUT2D eigenvalue weighted by molar-refractivity contribution is 7.89. The van der Waals surface area contributed by atoms with Crippen molar-refractivity contribution >= 4 is 21.8 Å². The molecule has 9 heteroatoms. The van der Waals surface area contributed by atoms with Crippen molar-refractivity contribution in [3.63, 3.8) is 0 Å². The van der Waals surface area contributed by atoms with E-state index in [1.165, 1.54) is 4.31 Å². The Morgan fingerprint density at radius 2 is 1.85 bits per heavy atom. The molecule has 2 rings (SSSR count). The smallest absolute Gasteiger partial charge is 0.309 e. The number of hydrogen-bond donors (Lipinski definition) is 2. The lowest BCUT2D eigenvalue weighted by atomic mass is 10.2. The lowest BCUT2D eigenvalue weighted by Crippen LogP contribution is -2.53. The second-order valence-corrected chi connectivity index (χ2v) is 7.96. The highest BCUT2D eigenvalue weighted by Crippen LogP contribution is 2.22. The van der Waals surface area contributed by atoms with Gasteiger partial charge in [0.2, 0.25) is 10.0 Å². The average molecular weight is 383 g/mol. The molecule has 1 saturated heterocycles. The van der Waals surface area contributed by atoms with Gasteiger partial charge in [-0.15, -0.1) is 0 Å². The summed E-state index contributed by atoms with van der Waals surface area (Å²) in [5.41, 5.74) is 0.959. The molecule has 0 saturated carbocycles. The zero-order chi connectivity index (χ0) is 19.2. The van der Waals surface area contributed by atoms with Crippen LogP contribution in [0.25, 0.3) is 0 Å². The Balaban J connectivity index is 2.06. The van der Waals surface area contributed by atoms with Crippen LogP contribution in [0.5, 0.6) is 0 Å². The lowest BCUT2D eigenvalue weighted by molar-refractivity contribution is -0.140. The topological polar surface area (TPSA) is 105 Å². The Morgan fingerprint density at radius 3 is 2.50 bits per heavy atom. The van der Waals surface area contributed by atoms with Crippen LogP contribution in [-0.2, 0) is 24.3 Å². The molecule has 26 heavy (non-hydrogen) atoms. The van der Waals surface area contributed by atoms with Gasteiger partial charge in [0.1, 0.15) is 6.23 Å². The van der Waals surface area contributed by atoms with Crippen LogP contribution in [0.3, 0.4) is 0 Å². The van der Waals surface area contributed by atoms with Crippen molar-refractivity contribution in [1.29, 1.82) is 0 Å². The van der Waals surface area contributed by atoms with E-state index < -0.39 is 28.1 Å². The van der Waals surface area contributed by atoms with Crippen molar-refractivity contribution in [2.45, 2.75) is 37.8 Å². The molecule has 8 nitrogen and oxygen atoms in total. The summed E-state index contributed by atoms with van der Waals surface area (Å²) in [6.07, 6.45) is 0.429. The number of nitrogens with one attached hydrogen (secondary N) is 2. The zero-order valence-electron chi connectivity index (χ0n) is 15.0. The third kappa shape index (κ3) is 5.03. The van der Waals surface area contributed by atoms with E-state index in [1.807, 2.05) is 13.8 Å². The summed E-state index contributed by atoms with van der Waals surface area (Å²) in [6, 6.07) is 6.55. The van der Waals surface area contributed by atoms with Gasteiger partial charge in [-0.1, -0.05) is 24.6 Å². The van der Waals surface area contributed by atoms with E-state index in [0.717, 1.165) is 5.56 Å². The summed E-state index contributed by atoms with van der Waals surface area (Å²) in [7, 11) is -3.75. The van der Waals surface area contributed by atoms with E-state index in [4.69, 9.17) is 4.74 Å². The molecule has 1 aliphatic rings. The Kier molecular flexibility index (Phi) is 7.13. The summed E-state index contributed by atoms with van der Waals surface area (Å²) >= 11 is 0. The van der Waals surface area contributed by atoms with Crippen molar-refractivity contribution in [3.05, 3.63) is 29.8 Å². The first-order chi connectivity index (χ1) is 12.4. The average Bonchev–Trinajstić information content (AvgIpc) is 2.64. The normalized spacial score (nSPS) is 18.3. The van der Waals surface area contributed by atoms with Crippen LogP contribution in [0.15, 0.2) is 29.2 Å². The molecule has 0 aromatic heterocycles. The largest absolute Gasteiger partial charge is 0.360 e. The fraction of sp³-hybridized carbons (Fsp3) is 0.529. The maximum atomic E-state index is 12.9. The molecule has 1 aliphatic heterocycles. The monoisotopic (exact) mass is 383 g/mol. The highest BCUT2D eigenvalue weighted by atomic mass is 32.2. The molecule has 1 fully saturated rings. The molecule has 144 valence electrons. The standard InChI is InChI=1S/C17H25N3O5S/c1-3-9-18-16(21)17(22)19-12-15-20(10-4-11-25-15)26(23,24)14-7-5-13(2)6-8-14/h5-8,15H,3-4,9-12H2,1-2H3,(H,18,21)(H,19,22)/t15-/m0/s1. The molecular formula is C17H25N3O5S. The number of rotatable bonds is 6. The van der Waals surface area contributed by atoms with E-state index in [9.17, 15) is 18.0 Å². The number of carbonyl (C=O) groups excluding carboxylic acids is 2. The number of hydrogen-bond acceptors (Lipinski definition) is 5. The molecule has 2 amide bonds. The Hall–Kier alpha value is -1.97. The predicted octanol–water partition coefficient (Wildman–Crippen LogP) is 0.375. The lowest BCUT2D eigenvalue weighted by Gasteiger charge is -2.34. The van der Waals surface area contributed by atoms with Crippen LogP contribution < -0.4 is 10.6 Å². The Morgan fingerprint density at radius 1 is 1.19 bits per heavy atom. The van der Waals surface area contributed by atoms with Gasteiger partial charge in [-0.25, -0.2) is 8.42 Å². The zero-order valence-corrected chi connectivity index (χ0v) is 15.8. The summed E-state index contributed by atoms with van der Waals surface area (Å²) in [5.74, 6) is -1.55. The van der Waals surface area contributed by atoms with Gasteiger partial charge in [-0.05, 0) is 31.9 Å². The number of nitrogens with zero attached hydrogens (tertiary/aromatic N) is 1. The van der Waals surface area contributed by atoms with E-state index in [-0.39, 0.29) is 11.4 Å². The summed E-state index contributed by atoms with van der Waals surface area (Å²) < 4.78 is 32.5. The molecule has 1 heterocycles. The quantitative estimate of drug-likeness (QED) is 0.691. The van der Waals surface area contributed by atoms with E-state index in [1.54, 1.807) is 24.3 Å². The number of benzene rings is 1. The minimum absolute atomic E-state index is 0.0938. The van der Waals surface area contributed by atoms with E-state index in [0.29, 0.717) is 32.5 Å². The molecule has 0 bridgehead atoms. The second kappa shape index (κ2) is 9.11. The number of sulfonamides is 1. The summed E-state index contributed by atoms with van der Waals surface area (Å²) in [5, 5.41) is 4.91. The van der Waals surface area contributed by atoms with Gasteiger partial charge in [0.25, 0.3) is 0 Å². The number of carbonyl (C=O) groups is 2. The van der Waals surface area contributed by atoms with Gasteiger partial charge >= 0.3 is 11.8 Å². The fourth-order valence-electron chi connectivity index (χ4n) is 2.53. The van der Waals surface area contributed by atoms with Crippen molar-refractivity contribution in [2.75, 3.05) is 26.2 Å². The number of ether oxygens (including phenoxy) is 1. The first kappa shape index (κ1) is 20.3.